The van der Waals surface area contributed by atoms with Crippen LogP contribution in [0.15, 0.2) is 18.6 Å². The average molecular weight is 233 g/mol. The minimum Gasteiger partial charge on any atom is -0.303 e. The van der Waals surface area contributed by atoms with E-state index < -0.39 is 5.82 Å². The monoisotopic (exact) mass is 232 g/mol. The maximum atomic E-state index is 13.6. The fraction of sp³-hybridized carbons (Fsp3) is 0.222. The summed E-state index contributed by atoms with van der Waals surface area (Å²) in [5.41, 5.74) is 0.853. The first-order valence-electron chi connectivity index (χ1n) is 4.06. The van der Waals surface area contributed by atoms with E-state index in [0.717, 1.165) is 0 Å². The Bertz CT molecular complexity index is 479. The molecule has 14 heavy (non-hydrogen) atoms. The van der Waals surface area contributed by atoms with Crippen molar-refractivity contribution in [2.24, 2.45) is 0 Å². The lowest BCUT2D eigenvalue weighted by atomic mass is 10.2. The van der Waals surface area contributed by atoms with Crippen molar-refractivity contribution in [3.05, 3.63) is 35.1 Å². The molecule has 0 aliphatic heterocycles. The van der Waals surface area contributed by atoms with Crippen molar-refractivity contribution in [3.63, 3.8) is 0 Å². The predicted molar refractivity (Wildman–Crippen MR) is 54.4 cm³/mol. The van der Waals surface area contributed by atoms with E-state index in [-0.39, 0.29) is 10.4 Å². The van der Waals surface area contributed by atoms with Gasteiger partial charge in [0.1, 0.15) is 5.52 Å². The summed E-state index contributed by atoms with van der Waals surface area (Å²) < 4.78 is 15.2. The molecular formula is C9H7Cl2FN2. The molecule has 2 nitrogen and oxygen atoms in total. The number of hydrogen-bond acceptors (Lipinski definition) is 1. The fourth-order valence-corrected chi connectivity index (χ4v) is 1.64. The Morgan fingerprint density at radius 1 is 1.57 bits per heavy atom. The molecule has 0 amide bonds. The third-order valence-corrected chi connectivity index (χ3v) is 2.50. The van der Waals surface area contributed by atoms with Crippen molar-refractivity contribution < 1.29 is 4.39 Å². The molecule has 0 fully saturated rings. The van der Waals surface area contributed by atoms with Gasteiger partial charge in [-0.3, -0.25) is 0 Å². The summed E-state index contributed by atoms with van der Waals surface area (Å²) >= 11 is 11.5. The maximum Gasteiger partial charge on any atom is 0.167 e. The van der Waals surface area contributed by atoms with E-state index in [2.05, 4.69) is 4.98 Å². The number of halogens is 3. The van der Waals surface area contributed by atoms with Gasteiger partial charge in [0.05, 0.1) is 22.4 Å². The first-order valence-corrected chi connectivity index (χ1v) is 4.87. The molecule has 5 heteroatoms. The lowest BCUT2D eigenvalue weighted by molar-refractivity contribution is 0.632. The van der Waals surface area contributed by atoms with Gasteiger partial charge in [-0.2, -0.15) is 0 Å². The molecule has 0 radical (unpaired) electrons. The van der Waals surface area contributed by atoms with Crippen LogP contribution in [0.2, 0.25) is 5.02 Å². The summed E-state index contributed by atoms with van der Waals surface area (Å²) in [4.78, 5) is 4.03. The van der Waals surface area contributed by atoms with Crippen molar-refractivity contribution in [2.45, 2.75) is 12.3 Å². The van der Waals surface area contributed by atoms with Crippen LogP contribution in [0, 0.1) is 5.82 Å². The van der Waals surface area contributed by atoms with E-state index in [1.807, 2.05) is 0 Å². The fourth-order valence-electron chi connectivity index (χ4n) is 1.34. The second-order valence-corrected chi connectivity index (χ2v) is 4.04. The number of aromatic nitrogens is 2. The zero-order valence-corrected chi connectivity index (χ0v) is 8.85. The molecule has 1 unspecified atom stereocenters. The zero-order valence-electron chi connectivity index (χ0n) is 7.34. The second kappa shape index (κ2) is 3.41. The van der Waals surface area contributed by atoms with Crippen LogP contribution in [0.3, 0.4) is 0 Å². The third kappa shape index (κ3) is 1.37. The normalized spacial score (nSPS) is 13.4. The number of fused-ring (bicyclic) bond motifs is 1. The van der Waals surface area contributed by atoms with Gasteiger partial charge in [-0.1, -0.05) is 11.6 Å². The van der Waals surface area contributed by atoms with E-state index in [1.165, 1.54) is 12.4 Å². The molecule has 0 aromatic carbocycles. The summed E-state index contributed by atoms with van der Waals surface area (Å²) in [5, 5.41) is -0.260. The molecule has 0 spiro atoms. The molecule has 0 bridgehead atoms. The van der Waals surface area contributed by atoms with E-state index in [1.54, 1.807) is 17.5 Å². The summed E-state index contributed by atoms with van der Waals surface area (Å²) in [5.74, 6) is -0.478. The van der Waals surface area contributed by atoms with Gasteiger partial charge < -0.3 is 4.40 Å². The Kier molecular flexibility index (Phi) is 2.37. The van der Waals surface area contributed by atoms with Gasteiger partial charge in [0.2, 0.25) is 0 Å². The van der Waals surface area contributed by atoms with Crippen LogP contribution in [0.25, 0.3) is 5.52 Å². The van der Waals surface area contributed by atoms with Crippen LogP contribution in [-0.2, 0) is 0 Å². The molecule has 2 heterocycles. The predicted octanol–water partition coefficient (Wildman–Crippen LogP) is 3.43. The molecule has 2 aromatic rings. The number of alkyl halides is 1. The van der Waals surface area contributed by atoms with Crippen LogP contribution in [-0.4, -0.2) is 9.38 Å². The van der Waals surface area contributed by atoms with Gasteiger partial charge in [0.15, 0.2) is 5.82 Å². The Morgan fingerprint density at radius 2 is 2.29 bits per heavy atom. The minimum absolute atomic E-state index is 0.0802. The lowest BCUT2D eigenvalue weighted by Gasteiger charge is -2.02. The average Bonchev–Trinajstić information content (AvgIpc) is 2.55. The standard InChI is InChI=1S/C9H7Cl2FN2/c1-5(10)8-9-7(12)6(11)2-3-14(9)4-13-8/h2-5H,1H3. The zero-order chi connectivity index (χ0) is 10.3. The van der Waals surface area contributed by atoms with Crippen molar-refractivity contribution in [3.8, 4) is 0 Å². The van der Waals surface area contributed by atoms with Crippen molar-refractivity contribution in [2.75, 3.05) is 0 Å². The van der Waals surface area contributed by atoms with E-state index in [9.17, 15) is 4.39 Å². The molecule has 1 atom stereocenters. The molecule has 0 N–H and O–H groups in total. The molecular weight excluding hydrogens is 226 g/mol. The largest absolute Gasteiger partial charge is 0.303 e. The van der Waals surface area contributed by atoms with Crippen LogP contribution < -0.4 is 0 Å². The molecule has 0 saturated heterocycles. The molecule has 0 saturated carbocycles. The summed E-state index contributed by atoms with van der Waals surface area (Å²) in [6.45, 7) is 1.74. The smallest absolute Gasteiger partial charge is 0.167 e. The number of pyridine rings is 1. The highest BCUT2D eigenvalue weighted by Gasteiger charge is 2.15. The third-order valence-electron chi connectivity index (χ3n) is 2.00. The topological polar surface area (TPSA) is 17.3 Å². The highest BCUT2D eigenvalue weighted by atomic mass is 35.5. The Balaban J connectivity index is 2.82. The number of imidazole rings is 1. The van der Waals surface area contributed by atoms with Gasteiger partial charge in [0, 0.05) is 6.20 Å². The molecule has 2 rings (SSSR count). The van der Waals surface area contributed by atoms with Gasteiger partial charge in [0.25, 0.3) is 0 Å². The van der Waals surface area contributed by atoms with E-state index >= 15 is 0 Å². The maximum absolute atomic E-state index is 13.6. The van der Waals surface area contributed by atoms with Gasteiger partial charge in [-0.15, -0.1) is 11.6 Å². The van der Waals surface area contributed by atoms with Gasteiger partial charge in [-0.25, -0.2) is 9.37 Å². The van der Waals surface area contributed by atoms with Crippen molar-refractivity contribution in [1.82, 2.24) is 9.38 Å². The Morgan fingerprint density at radius 3 is 2.93 bits per heavy atom. The van der Waals surface area contributed by atoms with Crippen molar-refractivity contribution in [1.29, 1.82) is 0 Å². The number of hydrogen-bond donors (Lipinski definition) is 0. The Labute approximate surface area is 90.3 Å². The first-order chi connectivity index (χ1) is 6.61. The molecule has 2 aromatic heterocycles. The van der Waals surface area contributed by atoms with Crippen molar-refractivity contribution >= 4 is 28.7 Å². The second-order valence-electron chi connectivity index (χ2n) is 2.98. The van der Waals surface area contributed by atoms with Crippen LogP contribution in [0.1, 0.15) is 18.0 Å². The first kappa shape index (κ1) is 9.74. The molecule has 0 aliphatic carbocycles. The molecule has 0 aliphatic rings. The quantitative estimate of drug-likeness (QED) is 0.689. The van der Waals surface area contributed by atoms with Gasteiger partial charge >= 0.3 is 0 Å². The lowest BCUT2D eigenvalue weighted by Crippen LogP contribution is -1.92. The van der Waals surface area contributed by atoms with Crippen LogP contribution in [0.4, 0.5) is 4.39 Å². The SMILES string of the molecule is CC(Cl)c1ncn2ccc(Cl)c(F)c12. The van der Waals surface area contributed by atoms with E-state index in [0.29, 0.717) is 11.2 Å². The van der Waals surface area contributed by atoms with Crippen LogP contribution in [0.5, 0.6) is 0 Å². The van der Waals surface area contributed by atoms with Gasteiger partial charge in [-0.05, 0) is 13.0 Å². The van der Waals surface area contributed by atoms with Crippen LogP contribution >= 0.6 is 23.2 Å². The highest BCUT2D eigenvalue weighted by molar-refractivity contribution is 6.31. The number of rotatable bonds is 1. The summed E-state index contributed by atoms with van der Waals surface area (Å²) in [6.07, 6.45) is 3.17. The minimum atomic E-state index is -0.478. The molecule has 74 valence electrons. The summed E-state index contributed by atoms with van der Waals surface area (Å²) in [6, 6.07) is 1.48. The highest BCUT2D eigenvalue weighted by Crippen LogP contribution is 2.27. The number of nitrogens with zero attached hydrogens (tertiary/aromatic N) is 2. The van der Waals surface area contributed by atoms with E-state index in [4.69, 9.17) is 23.2 Å². The summed E-state index contributed by atoms with van der Waals surface area (Å²) in [7, 11) is 0. The Hall–Kier alpha value is -0.800.